The van der Waals surface area contributed by atoms with Gasteiger partial charge in [-0.3, -0.25) is 4.79 Å². The zero-order chi connectivity index (χ0) is 15.7. The molecule has 0 spiro atoms. The van der Waals surface area contributed by atoms with Crippen molar-refractivity contribution in [2.75, 3.05) is 5.32 Å². The SMILES string of the molecule is CC(=O)C1=C(C)Nc2ccccc2SC1c1ccc(C)cc1. The lowest BCUT2D eigenvalue weighted by Crippen LogP contribution is -2.10. The van der Waals surface area contributed by atoms with Crippen LogP contribution in [-0.2, 0) is 4.79 Å². The summed E-state index contributed by atoms with van der Waals surface area (Å²) in [5, 5.41) is 3.43. The third-order valence-corrected chi connectivity index (χ3v) is 5.23. The molecule has 2 aromatic carbocycles. The lowest BCUT2D eigenvalue weighted by atomic mass is 9.99. The normalized spacial score (nSPS) is 17.5. The quantitative estimate of drug-likeness (QED) is 0.835. The van der Waals surface area contributed by atoms with Gasteiger partial charge in [0.25, 0.3) is 0 Å². The molecule has 1 aliphatic heterocycles. The number of rotatable bonds is 2. The average Bonchev–Trinajstić information content (AvgIpc) is 2.63. The number of anilines is 1. The second kappa shape index (κ2) is 6.01. The minimum atomic E-state index is 0.0225. The number of fused-ring (bicyclic) bond motifs is 1. The highest BCUT2D eigenvalue weighted by molar-refractivity contribution is 8.00. The molecule has 1 N–H and O–H groups in total. The predicted octanol–water partition coefficient (Wildman–Crippen LogP) is 5.12. The first-order valence-corrected chi connectivity index (χ1v) is 8.25. The summed E-state index contributed by atoms with van der Waals surface area (Å²) in [6, 6.07) is 16.7. The maximum Gasteiger partial charge on any atom is 0.159 e. The molecule has 0 aliphatic carbocycles. The van der Waals surface area contributed by atoms with Crippen molar-refractivity contribution in [1.29, 1.82) is 0 Å². The Morgan fingerprint density at radius 2 is 1.73 bits per heavy atom. The van der Waals surface area contributed by atoms with Crippen molar-refractivity contribution >= 4 is 23.2 Å². The van der Waals surface area contributed by atoms with Gasteiger partial charge in [-0.25, -0.2) is 0 Å². The van der Waals surface area contributed by atoms with Gasteiger partial charge in [-0.15, -0.1) is 11.8 Å². The first-order valence-electron chi connectivity index (χ1n) is 7.37. The Morgan fingerprint density at radius 3 is 2.41 bits per heavy atom. The molecule has 0 saturated heterocycles. The second-order valence-electron chi connectivity index (χ2n) is 5.62. The second-order valence-corrected chi connectivity index (χ2v) is 6.77. The number of carbonyl (C=O) groups is 1. The summed E-state index contributed by atoms with van der Waals surface area (Å²) in [5.41, 5.74) is 5.25. The number of Topliss-reactive ketones (excluding diaryl/α,β-unsaturated/α-hetero) is 1. The zero-order valence-electron chi connectivity index (χ0n) is 13.0. The zero-order valence-corrected chi connectivity index (χ0v) is 13.8. The standard InChI is InChI=1S/C19H19NOS/c1-12-8-10-15(11-9-12)19-18(14(3)21)13(2)20-16-6-4-5-7-17(16)22-19/h4-11,19-20H,1-3H3. The van der Waals surface area contributed by atoms with E-state index in [4.69, 9.17) is 0 Å². The van der Waals surface area contributed by atoms with Crippen molar-refractivity contribution in [3.63, 3.8) is 0 Å². The summed E-state index contributed by atoms with van der Waals surface area (Å²) in [6.07, 6.45) is 0. The monoisotopic (exact) mass is 309 g/mol. The molecule has 0 radical (unpaired) electrons. The van der Waals surface area contributed by atoms with Crippen molar-refractivity contribution in [3.05, 3.63) is 70.9 Å². The van der Waals surface area contributed by atoms with Gasteiger partial charge in [-0.2, -0.15) is 0 Å². The summed E-state index contributed by atoms with van der Waals surface area (Å²) in [4.78, 5) is 13.4. The highest BCUT2D eigenvalue weighted by Crippen LogP contribution is 2.47. The Kier molecular flexibility index (Phi) is 4.08. The number of allylic oxidation sites excluding steroid dienone is 1. The molecule has 0 fully saturated rings. The molecule has 0 aromatic heterocycles. The summed E-state index contributed by atoms with van der Waals surface area (Å²) < 4.78 is 0. The maximum atomic E-state index is 12.3. The van der Waals surface area contributed by atoms with Crippen molar-refractivity contribution in [2.45, 2.75) is 30.9 Å². The third kappa shape index (κ3) is 2.81. The number of para-hydroxylation sites is 1. The molecule has 0 bridgehead atoms. The Morgan fingerprint density at radius 1 is 1.05 bits per heavy atom. The van der Waals surface area contributed by atoms with Crippen molar-refractivity contribution < 1.29 is 4.79 Å². The summed E-state index contributed by atoms with van der Waals surface area (Å²) in [5.74, 6) is 0.121. The van der Waals surface area contributed by atoms with Crippen LogP contribution in [0.5, 0.6) is 0 Å². The first-order chi connectivity index (χ1) is 10.6. The van der Waals surface area contributed by atoms with Gasteiger partial charge in [0.05, 0.1) is 10.9 Å². The van der Waals surface area contributed by atoms with Gasteiger partial charge in [0.1, 0.15) is 0 Å². The van der Waals surface area contributed by atoms with Gasteiger partial charge in [0.2, 0.25) is 0 Å². The molecule has 3 heteroatoms. The predicted molar refractivity (Wildman–Crippen MR) is 93.2 cm³/mol. The van der Waals surface area contributed by atoms with Crippen LogP contribution in [0.25, 0.3) is 0 Å². The van der Waals surface area contributed by atoms with E-state index in [9.17, 15) is 4.79 Å². The number of hydrogen-bond donors (Lipinski definition) is 1. The summed E-state index contributed by atoms with van der Waals surface area (Å²) >= 11 is 1.74. The van der Waals surface area contributed by atoms with E-state index in [0.29, 0.717) is 0 Å². The third-order valence-electron chi connectivity index (χ3n) is 3.88. The molecule has 2 nitrogen and oxygen atoms in total. The topological polar surface area (TPSA) is 29.1 Å². The Balaban J connectivity index is 2.13. The van der Waals surface area contributed by atoms with Crippen LogP contribution in [-0.4, -0.2) is 5.78 Å². The largest absolute Gasteiger partial charge is 0.358 e. The van der Waals surface area contributed by atoms with Gasteiger partial charge in [-0.1, -0.05) is 42.0 Å². The number of ketones is 1. The van der Waals surface area contributed by atoms with E-state index in [-0.39, 0.29) is 11.0 Å². The molecule has 0 saturated carbocycles. The van der Waals surface area contributed by atoms with E-state index >= 15 is 0 Å². The van der Waals surface area contributed by atoms with E-state index in [1.54, 1.807) is 18.7 Å². The van der Waals surface area contributed by atoms with Crippen LogP contribution >= 0.6 is 11.8 Å². The highest BCUT2D eigenvalue weighted by atomic mass is 32.2. The summed E-state index contributed by atoms with van der Waals surface area (Å²) in [7, 11) is 0. The van der Waals surface area contributed by atoms with Crippen molar-refractivity contribution in [3.8, 4) is 0 Å². The minimum Gasteiger partial charge on any atom is -0.358 e. The molecule has 3 rings (SSSR count). The lowest BCUT2D eigenvalue weighted by Gasteiger charge is -2.18. The van der Waals surface area contributed by atoms with E-state index in [0.717, 1.165) is 17.0 Å². The molecule has 1 atom stereocenters. The van der Waals surface area contributed by atoms with E-state index < -0.39 is 0 Å². The van der Waals surface area contributed by atoms with Gasteiger partial charge in [-0.05, 0) is 38.5 Å². The number of benzene rings is 2. The molecule has 1 unspecified atom stereocenters. The Hall–Kier alpha value is -2.00. The minimum absolute atomic E-state index is 0.0225. The number of thioether (sulfide) groups is 1. The molecule has 0 amide bonds. The molecule has 1 heterocycles. The van der Waals surface area contributed by atoms with Crippen LogP contribution in [0.2, 0.25) is 0 Å². The number of nitrogens with one attached hydrogen (secondary N) is 1. The fourth-order valence-corrected chi connectivity index (χ4v) is 4.16. The van der Waals surface area contributed by atoms with Crippen LogP contribution < -0.4 is 5.32 Å². The molecule has 22 heavy (non-hydrogen) atoms. The van der Waals surface area contributed by atoms with Gasteiger partial charge < -0.3 is 5.32 Å². The van der Waals surface area contributed by atoms with Crippen LogP contribution in [0.15, 0.2) is 64.7 Å². The number of hydrogen-bond acceptors (Lipinski definition) is 3. The van der Waals surface area contributed by atoms with Crippen LogP contribution in [0.4, 0.5) is 5.69 Å². The van der Waals surface area contributed by atoms with Crippen LogP contribution in [0.3, 0.4) is 0 Å². The smallest absolute Gasteiger partial charge is 0.159 e. The van der Waals surface area contributed by atoms with Crippen molar-refractivity contribution in [1.82, 2.24) is 0 Å². The Labute approximate surface area is 135 Å². The van der Waals surface area contributed by atoms with Crippen molar-refractivity contribution in [2.24, 2.45) is 0 Å². The van der Waals surface area contributed by atoms with Gasteiger partial charge in [0.15, 0.2) is 5.78 Å². The lowest BCUT2D eigenvalue weighted by molar-refractivity contribution is -0.113. The average molecular weight is 309 g/mol. The van der Waals surface area contributed by atoms with Crippen LogP contribution in [0.1, 0.15) is 30.2 Å². The molecule has 112 valence electrons. The molecule has 2 aromatic rings. The van der Waals surface area contributed by atoms with Gasteiger partial charge in [0, 0.05) is 16.2 Å². The first kappa shape index (κ1) is 14.9. The molecule has 1 aliphatic rings. The Bertz CT molecular complexity index is 746. The summed E-state index contributed by atoms with van der Waals surface area (Å²) in [6.45, 7) is 5.71. The molecular weight excluding hydrogens is 290 g/mol. The van der Waals surface area contributed by atoms with E-state index in [2.05, 4.69) is 48.6 Å². The fraction of sp³-hybridized carbons (Fsp3) is 0.211. The number of aryl methyl sites for hydroxylation is 1. The van der Waals surface area contributed by atoms with Crippen LogP contribution in [0, 0.1) is 6.92 Å². The van der Waals surface area contributed by atoms with E-state index in [1.165, 1.54) is 16.0 Å². The van der Waals surface area contributed by atoms with Gasteiger partial charge >= 0.3 is 0 Å². The molecular formula is C19H19NOS. The van der Waals surface area contributed by atoms with E-state index in [1.807, 2.05) is 19.1 Å². The highest BCUT2D eigenvalue weighted by Gasteiger charge is 2.27. The maximum absolute atomic E-state index is 12.3. The fourth-order valence-electron chi connectivity index (χ4n) is 2.75. The number of carbonyl (C=O) groups excluding carboxylic acids is 1.